The molecule has 0 rings (SSSR count). The van der Waals surface area contributed by atoms with Crippen molar-refractivity contribution in [3.05, 3.63) is 0 Å². The Hall–Kier alpha value is -1.67. The molecule has 8 nitrogen and oxygen atoms in total. The van der Waals surface area contributed by atoms with Crippen LogP contribution in [0.3, 0.4) is 0 Å². The van der Waals surface area contributed by atoms with Gasteiger partial charge in [0, 0.05) is 33.2 Å². The summed E-state index contributed by atoms with van der Waals surface area (Å²) in [6.45, 7) is 1.93. The number of nitrogens with two attached hydrogens (primary N) is 1. The number of rotatable bonds is 9. The molecule has 3 amide bonds. The van der Waals surface area contributed by atoms with E-state index in [0.717, 1.165) is 0 Å². The smallest absolute Gasteiger partial charge is 0.318 e. The lowest BCUT2D eigenvalue weighted by Gasteiger charge is -2.20. The van der Waals surface area contributed by atoms with Crippen LogP contribution in [0.25, 0.3) is 0 Å². The first-order valence-corrected chi connectivity index (χ1v) is 5.87. The van der Waals surface area contributed by atoms with E-state index in [2.05, 4.69) is 4.74 Å². The molecule has 19 heavy (non-hydrogen) atoms. The second-order valence-corrected chi connectivity index (χ2v) is 3.82. The number of nitrogens with one attached hydrogen (secondary N) is 1. The molecule has 0 bridgehead atoms. The van der Waals surface area contributed by atoms with Crippen molar-refractivity contribution in [1.82, 2.24) is 10.2 Å². The molecule has 0 aliphatic carbocycles. The Balaban J connectivity index is 4.07. The van der Waals surface area contributed by atoms with Crippen LogP contribution in [-0.4, -0.2) is 63.3 Å². The van der Waals surface area contributed by atoms with Gasteiger partial charge in [-0.05, 0) is 0 Å². The quantitative estimate of drug-likeness (QED) is 0.527. The average Bonchev–Trinajstić information content (AvgIpc) is 2.36. The summed E-state index contributed by atoms with van der Waals surface area (Å²) in [4.78, 5) is 34.7. The molecule has 3 N–H and O–H groups in total. The van der Waals surface area contributed by atoms with Crippen molar-refractivity contribution in [2.75, 3.05) is 40.5 Å². The minimum atomic E-state index is -0.872. The van der Waals surface area contributed by atoms with E-state index in [9.17, 15) is 14.4 Å². The van der Waals surface area contributed by atoms with Crippen molar-refractivity contribution in [1.29, 1.82) is 0 Å². The lowest BCUT2D eigenvalue weighted by molar-refractivity contribution is -0.141. The molecule has 0 unspecified atom stereocenters. The second-order valence-electron chi connectivity index (χ2n) is 3.82. The summed E-state index contributed by atoms with van der Waals surface area (Å²) in [5, 5.41) is 1.98. The molecule has 0 aromatic heterocycles. The van der Waals surface area contributed by atoms with Gasteiger partial charge >= 0.3 is 12.0 Å². The molecule has 8 heteroatoms. The Kier molecular flexibility index (Phi) is 9.37. The van der Waals surface area contributed by atoms with E-state index in [0.29, 0.717) is 26.2 Å². The van der Waals surface area contributed by atoms with E-state index >= 15 is 0 Å². The summed E-state index contributed by atoms with van der Waals surface area (Å²) in [5.41, 5.74) is 4.83. The topological polar surface area (TPSA) is 111 Å². The number of amides is 3. The maximum Gasteiger partial charge on any atom is 0.318 e. The van der Waals surface area contributed by atoms with Crippen LogP contribution in [0.1, 0.15) is 12.8 Å². The molecule has 0 aliphatic heterocycles. The van der Waals surface area contributed by atoms with Gasteiger partial charge in [-0.1, -0.05) is 0 Å². The fraction of sp³-hybridized carbons (Fsp3) is 0.727. The molecule has 110 valence electrons. The minimum Gasteiger partial charge on any atom is -0.469 e. The van der Waals surface area contributed by atoms with Gasteiger partial charge in [0.25, 0.3) is 0 Å². The number of carbonyl (C=O) groups is 3. The molecular formula is C11H21N3O5. The highest BCUT2D eigenvalue weighted by atomic mass is 16.5. The summed E-state index contributed by atoms with van der Waals surface area (Å²) in [6.07, 6.45) is 0.353. The third-order valence-electron chi connectivity index (χ3n) is 2.39. The number of esters is 1. The minimum absolute atomic E-state index is 0.119. The Morgan fingerprint density at radius 2 is 1.74 bits per heavy atom. The SMILES string of the molecule is COCCN(CCC(=O)NC(N)=O)CCC(=O)OC. The van der Waals surface area contributed by atoms with Crippen LogP contribution in [0, 0.1) is 0 Å². The molecule has 0 saturated carbocycles. The Labute approximate surface area is 112 Å². The predicted molar refractivity (Wildman–Crippen MR) is 67.3 cm³/mol. The van der Waals surface area contributed by atoms with Crippen LogP contribution in [0.2, 0.25) is 0 Å². The first-order chi connectivity index (χ1) is 8.99. The number of methoxy groups -OCH3 is 2. The number of hydrogen-bond acceptors (Lipinski definition) is 6. The van der Waals surface area contributed by atoms with Crippen molar-refractivity contribution < 1.29 is 23.9 Å². The number of hydrogen-bond donors (Lipinski definition) is 2. The average molecular weight is 275 g/mol. The fourth-order valence-electron chi connectivity index (χ4n) is 1.37. The van der Waals surface area contributed by atoms with Gasteiger partial charge < -0.3 is 15.2 Å². The molecule has 0 spiro atoms. The number of ether oxygens (including phenoxy) is 2. The second kappa shape index (κ2) is 10.3. The van der Waals surface area contributed by atoms with E-state index in [1.807, 2.05) is 10.2 Å². The maximum atomic E-state index is 11.3. The van der Waals surface area contributed by atoms with Gasteiger partial charge in [0.05, 0.1) is 20.1 Å². The van der Waals surface area contributed by atoms with E-state index < -0.39 is 11.9 Å². The standard InChI is InChI=1S/C11H21N3O5/c1-18-8-7-14(6-4-10(16)19-2)5-3-9(15)13-11(12)17/h3-8H2,1-2H3,(H3,12,13,15,17). The molecule has 0 atom stereocenters. The number of nitrogens with zero attached hydrogens (tertiary/aromatic N) is 1. The highest BCUT2D eigenvalue weighted by Crippen LogP contribution is 1.96. The van der Waals surface area contributed by atoms with Gasteiger partial charge in [-0.3, -0.25) is 19.8 Å². The zero-order chi connectivity index (χ0) is 14.7. The number of urea groups is 1. The molecule has 0 aromatic rings. The van der Waals surface area contributed by atoms with E-state index in [4.69, 9.17) is 10.5 Å². The number of imide groups is 1. The highest BCUT2D eigenvalue weighted by Gasteiger charge is 2.11. The summed E-state index contributed by atoms with van der Waals surface area (Å²) < 4.78 is 9.49. The maximum absolute atomic E-state index is 11.3. The third kappa shape index (κ3) is 9.98. The van der Waals surface area contributed by atoms with Crippen molar-refractivity contribution >= 4 is 17.9 Å². The summed E-state index contributed by atoms with van der Waals surface area (Å²) in [5.74, 6) is -0.767. The third-order valence-corrected chi connectivity index (χ3v) is 2.39. The summed E-state index contributed by atoms with van der Waals surface area (Å²) in [6, 6.07) is -0.872. The highest BCUT2D eigenvalue weighted by molar-refractivity contribution is 5.93. The lowest BCUT2D eigenvalue weighted by atomic mass is 10.3. The molecule has 0 fully saturated rings. The molecule has 0 aliphatic rings. The molecule has 0 radical (unpaired) electrons. The number of primary amides is 1. The van der Waals surface area contributed by atoms with Crippen molar-refractivity contribution in [2.24, 2.45) is 5.73 Å². The van der Waals surface area contributed by atoms with Crippen LogP contribution in [0.15, 0.2) is 0 Å². The summed E-state index contributed by atoms with van der Waals surface area (Å²) >= 11 is 0. The Morgan fingerprint density at radius 1 is 1.11 bits per heavy atom. The van der Waals surface area contributed by atoms with Crippen molar-refractivity contribution in [2.45, 2.75) is 12.8 Å². The first-order valence-electron chi connectivity index (χ1n) is 5.87. The van der Waals surface area contributed by atoms with Gasteiger partial charge in [0.15, 0.2) is 0 Å². The molecule has 0 aromatic carbocycles. The summed E-state index contributed by atoms with van der Waals surface area (Å²) in [7, 11) is 2.89. The zero-order valence-electron chi connectivity index (χ0n) is 11.3. The molecule has 0 heterocycles. The fourth-order valence-corrected chi connectivity index (χ4v) is 1.37. The molecule has 0 saturated heterocycles. The largest absolute Gasteiger partial charge is 0.469 e. The van der Waals surface area contributed by atoms with E-state index in [-0.39, 0.29) is 18.8 Å². The van der Waals surface area contributed by atoms with Crippen LogP contribution in [0.5, 0.6) is 0 Å². The first kappa shape index (κ1) is 17.3. The normalized spacial score (nSPS) is 10.3. The van der Waals surface area contributed by atoms with Crippen LogP contribution in [-0.2, 0) is 19.1 Å². The van der Waals surface area contributed by atoms with Crippen LogP contribution >= 0.6 is 0 Å². The van der Waals surface area contributed by atoms with Gasteiger partial charge in [0.1, 0.15) is 0 Å². The Bertz CT molecular complexity index is 309. The van der Waals surface area contributed by atoms with E-state index in [1.54, 1.807) is 7.11 Å². The van der Waals surface area contributed by atoms with Gasteiger partial charge in [-0.25, -0.2) is 4.79 Å². The Morgan fingerprint density at radius 3 is 2.26 bits per heavy atom. The zero-order valence-corrected chi connectivity index (χ0v) is 11.3. The van der Waals surface area contributed by atoms with Gasteiger partial charge in [-0.2, -0.15) is 0 Å². The van der Waals surface area contributed by atoms with Gasteiger partial charge in [0.2, 0.25) is 5.91 Å². The number of carbonyl (C=O) groups excluding carboxylic acids is 3. The van der Waals surface area contributed by atoms with Gasteiger partial charge in [-0.15, -0.1) is 0 Å². The van der Waals surface area contributed by atoms with Crippen molar-refractivity contribution in [3.63, 3.8) is 0 Å². The van der Waals surface area contributed by atoms with Crippen molar-refractivity contribution in [3.8, 4) is 0 Å². The molecular weight excluding hydrogens is 254 g/mol. The monoisotopic (exact) mass is 275 g/mol. The predicted octanol–water partition coefficient (Wildman–Crippen LogP) is -0.917. The van der Waals surface area contributed by atoms with Crippen LogP contribution in [0.4, 0.5) is 4.79 Å². The lowest BCUT2D eigenvalue weighted by Crippen LogP contribution is -2.38. The van der Waals surface area contributed by atoms with Crippen LogP contribution < -0.4 is 11.1 Å². The van der Waals surface area contributed by atoms with E-state index in [1.165, 1.54) is 7.11 Å².